The molecule has 0 radical (unpaired) electrons. The van der Waals surface area contributed by atoms with Crippen LogP contribution in [0.4, 0.5) is 0 Å². The van der Waals surface area contributed by atoms with Crippen LogP contribution in [0.1, 0.15) is 81.1 Å². The smallest absolute Gasteiger partial charge is 0.0236 e. The van der Waals surface area contributed by atoms with Crippen LogP contribution < -0.4 is 0 Å². The second-order valence-electron chi connectivity index (χ2n) is 8.00. The monoisotopic (exact) mass is 280 g/mol. The fourth-order valence-corrected chi connectivity index (χ4v) is 2.45. The lowest BCUT2D eigenvalue weighted by molar-refractivity contribution is 0.370. The standard InChI is InChI=1S/C20H40/c1-15(2)9-11-17(5)19(7)13-14-20(8)18(6)12-10-16(3)4/h13-20H,9-12H2,1-8H3/b14-13-. The first-order valence-corrected chi connectivity index (χ1v) is 8.92. The molecule has 0 saturated heterocycles. The summed E-state index contributed by atoms with van der Waals surface area (Å²) in [4.78, 5) is 0. The van der Waals surface area contributed by atoms with Gasteiger partial charge in [0, 0.05) is 0 Å². The van der Waals surface area contributed by atoms with Crippen molar-refractivity contribution in [2.24, 2.45) is 35.5 Å². The molecule has 4 atom stereocenters. The Morgan fingerprint density at radius 3 is 1.05 bits per heavy atom. The van der Waals surface area contributed by atoms with Gasteiger partial charge in [0.1, 0.15) is 0 Å². The molecule has 120 valence electrons. The topological polar surface area (TPSA) is 0 Å². The highest BCUT2D eigenvalue weighted by atomic mass is 14.2. The summed E-state index contributed by atoms with van der Waals surface area (Å²) in [7, 11) is 0. The van der Waals surface area contributed by atoms with Crippen molar-refractivity contribution in [2.45, 2.75) is 81.1 Å². The third kappa shape index (κ3) is 9.61. The first-order chi connectivity index (χ1) is 9.23. The Bertz CT molecular complexity index is 223. The zero-order chi connectivity index (χ0) is 15.7. The minimum atomic E-state index is 0.716. The second kappa shape index (κ2) is 10.5. The molecule has 0 aromatic heterocycles. The van der Waals surface area contributed by atoms with E-state index in [-0.39, 0.29) is 0 Å². The van der Waals surface area contributed by atoms with Crippen LogP contribution in [0.25, 0.3) is 0 Å². The molecule has 0 heteroatoms. The molecular weight excluding hydrogens is 240 g/mol. The molecular formula is C20H40. The van der Waals surface area contributed by atoms with Gasteiger partial charge in [0.25, 0.3) is 0 Å². The summed E-state index contributed by atoms with van der Waals surface area (Å²) < 4.78 is 0. The van der Waals surface area contributed by atoms with E-state index in [1.165, 1.54) is 25.7 Å². The van der Waals surface area contributed by atoms with Gasteiger partial charge in [0.05, 0.1) is 0 Å². The van der Waals surface area contributed by atoms with E-state index < -0.39 is 0 Å². The van der Waals surface area contributed by atoms with Crippen molar-refractivity contribution < 1.29 is 0 Å². The molecule has 0 N–H and O–H groups in total. The highest BCUT2D eigenvalue weighted by Crippen LogP contribution is 2.24. The molecule has 20 heavy (non-hydrogen) atoms. The van der Waals surface area contributed by atoms with Crippen molar-refractivity contribution in [2.75, 3.05) is 0 Å². The third-order valence-corrected chi connectivity index (χ3v) is 4.91. The number of hydrogen-bond acceptors (Lipinski definition) is 0. The Labute approximate surface area is 129 Å². The number of rotatable bonds is 10. The van der Waals surface area contributed by atoms with Gasteiger partial charge in [0.15, 0.2) is 0 Å². The first-order valence-electron chi connectivity index (χ1n) is 8.92. The van der Waals surface area contributed by atoms with Gasteiger partial charge >= 0.3 is 0 Å². The minimum absolute atomic E-state index is 0.716. The van der Waals surface area contributed by atoms with Crippen LogP contribution >= 0.6 is 0 Å². The van der Waals surface area contributed by atoms with E-state index in [0.29, 0.717) is 11.8 Å². The zero-order valence-corrected chi connectivity index (χ0v) is 15.4. The van der Waals surface area contributed by atoms with Crippen molar-refractivity contribution in [1.82, 2.24) is 0 Å². The summed E-state index contributed by atoms with van der Waals surface area (Å²) in [5.74, 6) is 4.73. The normalized spacial score (nSPS) is 18.7. The zero-order valence-electron chi connectivity index (χ0n) is 15.4. The molecule has 0 amide bonds. The lowest BCUT2D eigenvalue weighted by Crippen LogP contribution is -2.10. The highest BCUT2D eigenvalue weighted by Gasteiger charge is 2.13. The van der Waals surface area contributed by atoms with Gasteiger partial charge in [-0.2, -0.15) is 0 Å². The fraction of sp³-hybridized carbons (Fsp3) is 0.900. The van der Waals surface area contributed by atoms with Gasteiger partial charge < -0.3 is 0 Å². The van der Waals surface area contributed by atoms with E-state index in [9.17, 15) is 0 Å². The number of allylic oxidation sites excluding steroid dienone is 2. The lowest BCUT2D eigenvalue weighted by Gasteiger charge is -2.20. The largest absolute Gasteiger partial charge is 0.0852 e. The molecule has 0 fully saturated rings. The molecule has 0 nitrogen and oxygen atoms in total. The number of hydrogen-bond donors (Lipinski definition) is 0. The van der Waals surface area contributed by atoms with E-state index in [0.717, 1.165) is 23.7 Å². The Hall–Kier alpha value is -0.260. The molecule has 0 aromatic carbocycles. The van der Waals surface area contributed by atoms with Crippen molar-refractivity contribution in [1.29, 1.82) is 0 Å². The highest BCUT2D eigenvalue weighted by molar-refractivity contribution is 4.93. The molecule has 0 rings (SSSR count). The van der Waals surface area contributed by atoms with Gasteiger partial charge in [-0.05, 0) is 48.3 Å². The van der Waals surface area contributed by atoms with Crippen LogP contribution in [0.3, 0.4) is 0 Å². The maximum atomic E-state index is 2.47. The van der Waals surface area contributed by atoms with Crippen LogP contribution in [0, 0.1) is 35.5 Å². The molecule has 0 aromatic rings. The van der Waals surface area contributed by atoms with Crippen molar-refractivity contribution in [3.63, 3.8) is 0 Å². The molecule has 0 spiro atoms. The predicted octanol–water partition coefficient (Wildman–Crippen LogP) is 6.96. The summed E-state index contributed by atoms with van der Waals surface area (Å²) in [6.07, 6.45) is 10.4. The van der Waals surface area contributed by atoms with Crippen LogP contribution in [-0.2, 0) is 0 Å². The first kappa shape index (κ1) is 19.7. The maximum Gasteiger partial charge on any atom is -0.0236 e. The molecule has 0 heterocycles. The van der Waals surface area contributed by atoms with Crippen molar-refractivity contribution in [3.8, 4) is 0 Å². The molecule has 0 aliphatic heterocycles. The molecule has 4 unspecified atom stereocenters. The third-order valence-electron chi connectivity index (χ3n) is 4.91. The van der Waals surface area contributed by atoms with Crippen molar-refractivity contribution in [3.05, 3.63) is 12.2 Å². The van der Waals surface area contributed by atoms with Crippen molar-refractivity contribution >= 4 is 0 Å². The van der Waals surface area contributed by atoms with Crippen LogP contribution in [0.2, 0.25) is 0 Å². The molecule has 0 aliphatic carbocycles. The summed E-state index contributed by atoms with van der Waals surface area (Å²) in [6, 6.07) is 0. The van der Waals surface area contributed by atoms with Gasteiger partial charge in [0.2, 0.25) is 0 Å². The quantitative estimate of drug-likeness (QED) is 0.379. The van der Waals surface area contributed by atoms with Gasteiger partial charge in [-0.1, -0.05) is 80.4 Å². The summed E-state index contributed by atoms with van der Waals surface area (Å²) in [5, 5.41) is 0. The van der Waals surface area contributed by atoms with E-state index in [4.69, 9.17) is 0 Å². The van der Waals surface area contributed by atoms with Gasteiger partial charge in [-0.3, -0.25) is 0 Å². The molecule has 0 aliphatic rings. The Kier molecular flexibility index (Phi) is 10.3. The Balaban J connectivity index is 4.11. The Morgan fingerprint density at radius 1 is 0.500 bits per heavy atom. The summed E-state index contributed by atoms with van der Waals surface area (Å²) in [6.45, 7) is 18.9. The van der Waals surface area contributed by atoms with E-state index in [1.807, 2.05) is 0 Å². The average molecular weight is 281 g/mol. The van der Waals surface area contributed by atoms with Gasteiger partial charge in [-0.15, -0.1) is 0 Å². The lowest BCUT2D eigenvalue weighted by atomic mass is 9.85. The molecule has 0 saturated carbocycles. The minimum Gasteiger partial charge on any atom is -0.0852 e. The average Bonchev–Trinajstić information content (AvgIpc) is 2.38. The van der Waals surface area contributed by atoms with Crippen LogP contribution in [0.15, 0.2) is 12.2 Å². The predicted molar refractivity (Wildman–Crippen MR) is 93.9 cm³/mol. The summed E-state index contributed by atoms with van der Waals surface area (Å²) in [5.41, 5.74) is 0. The SMILES string of the molecule is CC(C)CCC(C)C(C)/C=C\C(C)C(C)CCC(C)C. The second-order valence-corrected chi connectivity index (χ2v) is 8.00. The van der Waals surface area contributed by atoms with E-state index >= 15 is 0 Å². The summed E-state index contributed by atoms with van der Waals surface area (Å²) >= 11 is 0. The Morgan fingerprint density at radius 2 is 0.800 bits per heavy atom. The van der Waals surface area contributed by atoms with Gasteiger partial charge in [-0.25, -0.2) is 0 Å². The van der Waals surface area contributed by atoms with E-state index in [2.05, 4.69) is 67.5 Å². The van der Waals surface area contributed by atoms with Crippen LogP contribution in [0.5, 0.6) is 0 Å². The maximum absolute atomic E-state index is 2.47. The molecule has 0 bridgehead atoms. The van der Waals surface area contributed by atoms with E-state index in [1.54, 1.807) is 0 Å². The fourth-order valence-electron chi connectivity index (χ4n) is 2.45. The van der Waals surface area contributed by atoms with Crippen LogP contribution in [-0.4, -0.2) is 0 Å².